The van der Waals surface area contributed by atoms with E-state index in [1.165, 1.54) is 6.07 Å². The summed E-state index contributed by atoms with van der Waals surface area (Å²) in [5, 5.41) is 1.47. The summed E-state index contributed by atoms with van der Waals surface area (Å²) in [6, 6.07) is 13.9. The summed E-state index contributed by atoms with van der Waals surface area (Å²) in [5.41, 5.74) is 2.29. The molecule has 1 saturated heterocycles. The molecule has 146 valence electrons. The number of benzene rings is 2. The summed E-state index contributed by atoms with van der Waals surface area (Å²) in [7, 11) is -3.06. The van der Waals surface area contributed by atoms with Gasteiger partial charge in [0.15, 0.2) is 9.84 Å². The van der Waals surface area contributed by atoms with Crippen molar-refractivity contribution in [3.05, 3.63) is 76.7 Å². The van der Waals surface area contributed by atoms with Gasteiger partial charge in [-0.15, -0.1) is 0 Å². The standard InChI is InChI=1S/C21H20ClFN2O2S/c22-19-8-7-16(21-18(19)5-3-10-24-21)13-25(17-9-11-28(26,27)14-17)12-15-4-1-2-6-20(15)23/h1-8,10,17H,9,11-14H2/t17-/m0/s1. The van der Waals surface area contributed by atoms with Crippen molar-refractivity contribution >= 4 is 32.3 Å². The third-order valence-electron chi connectivity index (χ3n) is 5.23. The number of fused-ring (bicyclic) bond motifs is 1. The van der Waals surface area contributed by atoms with Crippen LogP contribution in [-0.2, 0) is 22.9 Å². The fourth-order valence-corrected chi connectivity index (χ4v) is 5.74. The molecule has 0 aliphatic carbocycles. The number of halogens is 2. The van der Waals surface area contributed by atoms with Crippen molar-refractivity contribution in [1.82, 2.24) is 9.88 Å². The fourth-order valence-electron chi connectivity index (χ4n) is 3.77. The first-order valence-corrected chi connectivity index (χ1v) is 11.3. The minimum Gasteiger partial charge on any atom is -0.291 e. The molecule has 0 amide bonds. The van der Waals surface area contributed by atoms with Crippen LogP contribution >= 0.6 is 11.6 Å². The highest BCUT2D eigenvalue weighted by atomic mass is 35.5. The average Bonchev–Trinajstić information content (AvgIpc) is 3.05. The van der Waals surface area contributed by atoms with Crippen LogP contribution in [0.15, 0.2) is 54.7 Å². The molecule has 4 nitrogen and oxygen atoms in total. The van der Waals surface area contributed by atoms with Crippen LogP contribution in [0.25, 0.3) is 10.9 Å². The van der Waals surface area contributed by atoms with Crippen LogP contribution in [0.3, 0.4) is 0 Å². The van der Waals surface area contributed by atoms with Gasteiger partial charge in [0.25, 0.3) is 0 Å². The fraction of sp³-hybridized carbons (Fsp3) is 0.286. The van der Waals surface area contributed by atoms with Crippen LogP contribution in [0, 0.1) is 5.82 Å². The van der Waals surface area contributed by atoms with E-state index in [0.717, 1.165) is 16.5 Å². The van der Waals surface area contributed by atoms with E-state index < -0.39 is 9.84 Å². The lowest BCUT2D eigenvalue weighted by molar-refractivity contribution is 0.192. The quantitative estimate of drug-likeness (QED) is 0.622. The number of sulfone groups is 1. The topological polar surface area (TPSA) is 50.3 Å². The van der Waals surface area contributed by atoms with Gasteiger partial charge in [-0.3, -0.25) is 9.88 Å². The molecule has 1 aliphatic rings. The van der Waals surface area contributed by atoms with Crippen LogP contribution in [0.2, 0.25) is 5.02 Å². The molecule has 28 heavy (non-hydrogen) atoms. The van der Waals surface area contributed by atoms with E-state index in [1.54, 1.807) is 24.4 Å². The molecule has 1 aromatic heterocycles. The largest absolute Gasteiger partial charge is 0.291 e. The molecular formula is C21H20ClFN2O2S. The molecule has 0 spiro atoms. The lowest BCUT2D eigenvalue weighted by atomic mass is 10.1. The summed E-state index contributed by atoms with van der Waals surface area (Å²) in [4.78, 5) is 6.51. The first-order valence-electron chi connectivity index (χ1n) is 9.13. The second-order valence-corrected chi connectivity index (χ2v) is 9.80. The monoisotopic (exact) mass is 418 g/mol. The second-order valence-electron chi connectivity index (χ2n) is 7.16. The third kappa shape index (κ3) is 4.04. The maximum absolute atomic E-state index is 14.3. The van der Waals surface area contributed by atoms with Gasteiger partial charge in [-0.25, -0.2) is 12.8 Å². The molecule has 0 bridgehead atoms. The van der Waals surface area contributed by atoms with Crippen LogP contribution in [0.1, 0.15) is 17.5 Å². The lowest BCUT2D eigenvalue weighted by Crippen LogP contribution is -2.35. The number of hydrogen-bond acceptors (Lipinski definition) is 4. The van der Waals surface area contributed by atoms with Gasteiger partial charge >= 0.3 is 0 Å². The number of pyridine rings is 1. The van der Waals surface area contributed by atoms with Gasteiger partial charge in [0.05, 0.1) is 17.0 Å². The second kappa shape index (κ2) is 7.78. The molecular weight excluding hydrogens is 399 g/mol. The van der Waals surface area contributed by atoms with Crippen molar-refractivity contribution in [2.24, 2.45) is 0 Å². The van der Waals surface area contributed by atoms with Gasteiger partial charge in [-0.05, 0) is 36.2 Å². The Kier molecular flexibility index (Phi) is 5.36. The highest BCUT2D eigenvalue weighted by Crippen LogP contribution is 2.28. The maximum Gasteiger partial charge on any atom is 0.151 e. The molecule has 0 saturated carbocycles. The normalized spacial score (nSPS) is 18.8. The van der Waals surface area contributed by atoms with E-state index >= 15 is 0 Å². The zero-order chi connectivity index (χ0) is 19.7. The molecule has 2 heterocycles. The zero-order valence-electron chi connectivity index (χ0n) is 15.2. The minimum atomic E-state index is -3.06. The molecule has 1 atom stereocenters. The number of aromatic nitrogens is 1. The lowest BCUT2D eigenvalue weighted by Gasteiger charge is -2.28. The van der Waals surface area contributed by atoms with Crippen molar-refractivity contribution in [3.8, 4) is 0 Å². The van der Waals surface area contributed by atoms with Crippen molar-refractivity contribution in [2.75, 3.05) is 11.5 Å². The van der Waals surface area contributed by atoms with Gasteiger partial charge in [0, 0.05) is 41.3 Å². The molecule has 3 aromatic rings. The Morgan fingerprint density at radius 1 is 1.07 bits per heavy atom. The molecule has 1 aliphatic heterocycles. The van der Waals surface area contributed by atoms with E-state index in [2.05, 4.69) is 4.98 Å². The summed E-state index contributed by atoms with van der Waals surface area (Å²) >= 11 is 6.30. The van der Waals surface area contributed by atoms with Crippen LogP contribution in [0.5, 0.6) is 0 Å². The zero-order valence-corrected chi connectivity index (χ0v) is 16.8. The SMILES string of the molecule is O=S1(=O)CC[C@H](N(Cc2ccccc2F)Cc2ccc(Cl)c3cccnc23)C1. The highest BCUT2D eigenvalue weighted by molar-refractivity contribution is 7.91. The Morgan fingerprint density at radius 3 is 2.61 bits per heavy atom. The van der Waals surface area contributed by atoms with Crippen LogP contribution in [0.4, 0.5) is 4.39 Å². The smallest absolute Gasteiger partial charge is 0.151 e. The number of nitrogens with zero attached hydrogens (tertiary/aromatic N) is 2. The predicted octanol–water partition coefficient (Wildman–Crippen LogP) is 4.22. The Labute approximate surface area is 168 Å². The van der Waals surface area contributed by atoms with Gasteiger partial charge in [-0.1, -0.05) is 35.9 Å². The Hall–Kier alpha value is -2.02. The molecule has 1 fully saturated rings. The first kappa shape index (κ1) is 19.3. The van der Waals surface area contributed by atoms with Gasteiger partial charge < -0.3 is 0 Å². The summed E-state index contributed by atoms with van der Waals surface area (Å²) in [6.07, 6.45) is 2.26. The van der Waals surface area contributed by atoms with Crippen molar-refractivity contribution < 1.29 is 12.8 Å². The molecule has 0 unspecified atom stereocenters. The highest BCUT2D eigenvalue weighted by Gasteiger charge is 2.33. The summed E-state index contributed by atoms with van der Waals surface area (Å²) in [6.45, 7) is 0.809. The van der Waals surface area contributed by atoms with Crippen molar-refractivity contribution in [3.63, 3.8) is 0 Å². The maximum atomic E-state index is 14.3. The predicted molar refractivity (Wildman–Crippen MR) is 109 cm³/mol. The summed E-state index contributed by atoms with van der Waals surface area (Å²) < 4.78 is 38.3. The van der Waals surface area contributed by atoms with Crippen molar-refractivity contribution in [1.29, 1.82) is 0 Å². The molecule has 0 radical (unpaired) electrons. The first-order chi connectivity index (χ1) is 13.4. The Morgan fingerprint density at radius 2 is 1.86 bits per heavy atom. The molecule has 4 rings (SSSR count). The third-order valence-corrected chi connectivity index (χ3v) is 7.31. The van der Waals surface area contributed by atoms with E-state index in [4.69, 9.17) is 11.6 Å². The van der Waals surface area contributed by atoms with Gasteiger partial charge in [0.2, 0.25) is 0 Å². The van der Waals surface area contributed by atoms with E-state index in [0.29, 0.717) is 30.1 Å². The average molecular weight is 419 g/mol. The van der Waals surface area contributed by atoms with Gasteiger partial charge in [0.1, 0.15) is 5.82 Å². The number of hydrogen-bond donors (Lipinski definition) is 0. The van der Waals surface area contributed by atoms with E-state index in [1.807, 2.05) is 29.2 Å². The molecule has 7 heteroatoms. The minimum absolute atomic E-state index is 0.0976. The van der Waals surface area contributed by atoms with Crippen LogP contribution in [-0.4, -0.2) is 35.8 Å². The number of rotatable bonds is 5. The molecule has 0 N–H and O–H groups in total. The molecule has 2 aromatic carbocycles. The van der Waals surface area contributed by atoms with E-state index in [-0.39, 0.29) is 23.4 Å². The summed E-state index contributed by atoms with van der Waals surface area (Å²) in [5.74, 6) is -0.0155. The Bertz CT molecular complexity index is 1120. The van der Waals surface area contributed by atoms with Crippen molar-refractivity contribution in [2.45, 2.75) is 25.6 Å². The Balaban J connectivity index is 1.70. The van der Waals surface area contributed by atoms with Gasteiger partial charge in [-0.2, -0.15) is 0 Å². The van der Waals surface area contributed by atoms with Crippen LogP contribution < -0.4 is 0 Å². The van der Waals surface area contributed by atoms with E-state index in [9.17, 15) is 12.8 Å².